The highest BCUT2D eigenvalue weighted by Crippen LogP contribution is 2.11. The summed E-state index contributed by atoms with van der Waals surface area (Å²) in [5, 5.41) is 13.5. The van der Waals surface area contributed by atoms with E-state index in [2.05, 4.69) is 27.5 Å². The van der Waals surface area contributed by atoms with Gasteiger partial charge in [-0.3, -0.25) is 5.43 Å². The zero-order chi connectivity index (χ0) is 14.5. The maximum atomic E-state index is 13.9. The van der Waals surface area contributed by atoms with Gasteiger partial charge in [0.1, 0.15) is 5.82 Å². The van der Waals surface area contributed by atoms with Crippen LogP contribution in [0.5, 0.6) is 0 Å². The van der Waals surface area contributed by atoms with Gasteiger partial charge < -0.3 is 15.8 Å². The summed E-state index contributed by atoms with van der Waals surface area (Å²) in [5.74, 6) is -0.460. The lowest BCUT2D eigenvalue weighted by Crippen LogP contribution is -2.50. The van der Waals surface area contributed by atoms with Gasteiger partial charge >= 0.3 is 0 Å². The quantitative estimate of drug-likeness (QED) is 0.317. The molecule has 0 atom stereocenters. The number of hydrazine groups is 1. The highest BCUT2D eigenvalue weighted by molar-refractivity contribution is 5.97. The molecule has 1 saturated heterocycles. The minimum absolute atomic E-state index is 0.0949. The zero-order valence-electron chi connectivity index (χ0n) is 11.5. The number of oxime groups is 1. The van der Waals surface area contributed by atoms with Crippen LogP contribution in [0.3, 0.4) is 0 Å². The molecule has 1 heterocycles. The summed E-state index contributed by atoms with van der Waals surface area (Å²) in [7, 11) is 2.09. The summed E-state index contributed by atoms with van der Waals surface area (Å²) in [6.45, 7) is 4.25. The number of amidine groups is 1. The molecule has 1 aliphatic heterocycles. The van der Waals surface area contributed by atoms with E-state index < -0.39 is 0 Å². The molecule has 0 aromatic heterocycles. The SMILES string of the molecule is CN1CCN(NCc2ccc(/C(N)=N/O)cc2F)CC1. The number of likely N-dealkylation sites (N-methyl/N-ethyl adjacent to an activating group) is 1. The second kappa shape index (κ2) is 6.65. The highest BCUT2D eigenvalue weighted by Gasteiger charge is 2.14. The molecular formula is C13H20FN5O. The normalized spacial score (nSPS) is 18.4. The molecule has 6 nitrogen and oxygen atoms in total. The second-order valence-electron chi connectivity index (χ2n) is 4.92. The van der Waals surface area contributed by atoms with Crippen molar-refractivity contribution >= 4 is 5.84 Å². The molecule has 0 unspecified atom stereocenters. The summed E-state index contributed by atoms with van der Waals surface area (Å²) in [4.78, 5) is 2.25. The van der Waals surface area contributed by atoms with E-state index in [1.165, 1.54) is 6.07 Å². The lowest BCUT2D eigenvalue weighted by atomic mass is 10.1. The highest BCUT2D eigenvalue weighted by atomic mass is 19.1. The molecule has 0 aliphatic carbocycles. The van der Waals surface area contributed by atoms with Crippen molar-refractivity contribution < 1.29 is 9.60 Å². The number of halogens is 1. The molecule has 1 aromatic rings. The van der Waals surface area contributed by atoms with Crippen molar-refractivity contribution in [3.63, 3.8) is 0 Å². The minimum atomic E-state index is -0.365. The first-order valence-electron chi connectivity index (χ1n) is 6.53. The van der Waals surface area contributed by atoms with Crippen LogP contribution in [0.2, 0.25) is 0 Å². The first kappa shape index (κ1) is 14.7. The van der Waals surface area contributed by atoms with Crippen LogP contribution < -0.4 is 11.2 Å². The van der Waals surface area contributed by atoms with Crippen LogP contribution in [0.25, 0.3) is 0 Å². The Bertz CT molecular complexity index is 486. The predicted octanol–water partition coefficient (Wildman–Crippen LogP) is 0.172. The Balaban J connectivity index is 1.93. The topological polar surface area (TPSA) is 77.1 Å². The third-order valence-corrected chi connectivity index (χ3v) is 3.45. The fourth-order valence-corrected chi connectivity index (χ4v) is 2.07. The van der Waals surface area contributed by atoms with Gasteiger partial charge in [0.15, 0.2) is 5.84 Å². The van der Waals surface area contributed by atoms with Crippen LogP contribution in [0.15, 0.2) is 23.4 Å². The molecule has 0 bridgehead atoms. The number of hydrogen-bond acceptors (Lipinski definition) is 5. The summed E-state index contributed by atoms with van der Waals surface area (Å²) < 4.78 is 13.9. The fourth-order valence-electron chi connectivity index (χ4n) is 2.07. The Labute approximate surface area is 117 Å². The molecule has 1 aromatic carbocycles. The van der Waals surface area contributed by atoms with Crippen molar-refractivity contribution in [2.75, 3.05) is 33.2 Å². The van der Waals surface area contributed by atoms with E-state index in [0.717, 1.165) is 26.2 Å². The minimum Gasteiger partial charge on any atom is -0.409 e. The number of nitrogens with two attached hydrogens (primary N) is 1. The van der Waals surface area contributed by atoms with Gasteiger partial charge in [0.05, 0.1) is 0 Å². The molecule has 0 amide bonds. The Kier molecular flexibility index (Phi) is 4.89. The third kappa shape index (κ3) is 3.66. The van der Waals surface area contributed by atoms with Gasteiger partial charge in [-0.1, -0.05) is 17.3 Å². The van der Waals surface area contributed by atoms with E-state index >= 15 is 0 Å². The van der Waals surface area contributed by atoms with Crippen LogP contribution in [0.1, 0.15) is 11.1 Å². The third-order valence-electron chi connectivity index (χ3n) is 3.45. The largest absolute Gasteiger partial charge is 0.409 e. The molecule has 0 saturated carbocycles. The van der Waals surface area contributed by atoms with Crippen molar-refractivity contribution in [1.29, 1.82) is 0 Å². The Morgan fingerprint density at radius 2 is 2.10 bits per heavy atom. The molecule has 2 rings (SSSR count). The van der Waals surface area contributed by atoms with Crippen molar-refractivity contribution in [1.82, 2.24) is 15.3 Å². The molecule has 1 aliphatic rings. The van der Waals surface area contributed by atoms with Crippen LogP contribution in [0.4, 0.5) is 4.39 Å². The lowest BCUT2D eigenvalue weighted by Gasteiger charge is -2.32. The van der Waals surface area contributed by atoms with Gasteiger partial charge in [-0.05, 0) is 13.1 Å². The smallest absolute Gasteiger partial charge is 0.170 e. The fraction of sp³-hybridized carbons (Fsp3) is 0.462. The number of piperazine rings is 1. The second-order valence-corrected chi connectivity index (χ2v) is 4.92. The Morgan fingerprint density at radius 3 is 2.70 bits per heavy atom. The molecule has 0 spiro atoms. The van der Waals surface area contributed by atoms with E-state index in [0.29, 0.717) is 17.7 Å². The summed E-state index contributed by atoms with van der Waals surface area (Å²) in [6.07, 6.45) is 0. The summed E-state index contributed by atoms with van der Waals surface area (Å²) in [6, 6.07) is 4.56. The van der Waals surface area contributed by atoms with E-state index in [4.69, 9.17) is 10.9 Å². The summed E-state index contributed by atoms with van der Waals surface area (Å²) >= 11 is 0. The van der Waals surface area contributed by atoms with E-state index in [9.17, 15) is 4.39 Å². The maximum Gasteiger partial charge on any atom is 0.170 e. The standard InChI is InChI=1S/C13H20FN5O/c1-18-4-6-19(7-5-18)16-9-11-3-2-10(8-12(11)14)13(15)17-20/h2-3,8,16,20H,4-7,9H2,1H3,(H2,15,17). The molecule has 0 radical (unpaired) electrons. The lowest BCUT2D eigenvalue weighted by molar-refractivity contribution is 0.102. The zero-order valence-corrected chi connectivity index (χ0v) is 11.5. The van der Waals surface area contributed by atoms with E-state index in [1.54, 1.807) is 12.1 Å². The van der Waals surface area contributed by atoms with Crippen molar-refractivity contribution in [2.45, 2.75) is 6.54 Å². The first-order valence-corrected chi connectivity index (χ1v) is 6.53. The van der Waals surface area contributed by atoms with Gasteiger partial charge in [-0.25, -0.2) is 9.40 Å². The van der Waals surface area contributed by atoms with Gasteiger partial charge in [-0.15, -0.1) is 0 Å². The van der Waals surface area contributed by atoms with Crippen LogP contribution in [-0.4, -0.2) is 54.2 Å². The number of hydrogen-bond donors (Lipinski definition) is 3. The molecular weight excluding hydrogens is 261 g/mol. The van der Waals surface area contributed by atoms with E-state index in [-0.39, 0.29) is 11.7 Å². The van der Waals surface area contributed by atoms with Crippen LogP contribution >= 0.6 is 0 Å². The van der Waals surface area contributed by atoms with Gasteiger partial charge in [0.25, 0.3) is 0 Å². The maximum absolute atomic E-state index is 13.9. The van der Waals surface area contributed by atoms with Crippen LogP contribution in [-0.2, 0) is 6.54 Å². The number of rotatable bonds is 4. The Morgan fingerprint density at radius 1 is 1.40 bits per heavy atom. The van der Waals surface area contributed by atoms with Gasteiger partial charge in [0, 0.05) is 43.9 Å². The molecule has 1 fully saturated rings. The predicted molar refractivity (Wildman–Crippen MR) is 74.8 cm³/mol. The monoisotopic (exact) mass is 281 g/mol. The van der Waals surface area contributed by atoms with Crippen molar-refractivity contribution in [2.24, 2.45) is 10.9 Å². The van der Waals surface area contributed by atoms with Crippen LogP contribution in [0, 0.1) is 5.82 Å². The molecule has 110 valence electrons. The van der Waals surface area contributed by atoms with Gasteiger partial charge in [-0.2, -0.15) is 0 Å². The molecule has 20 heavy (non-hydrogen) atoms. The molecule has 7 heteroatoms. The number of nitrogens with zero attached hydrogens (tertiary/aromatic N) is 3. The number of nitrogens with one attached hydrogen (secondary N) is 1. The van der Waals surface area contributed by atoms with Gasteiger partial charge in [0.2, 0.25) is 0 Å². The average Bonchev–Trinajstić information content (AvgIpc) is 2.46. The van der Waals surface area contributed by atoms with Crippen molar-refractivity contribution in [3.8, 4) is 0 Å². The average molecular weight is 281 g/mol. The molecule has 4 N–H and O–H groups in total. The number of benzene rings is 1. The van der Waals surface area contributed by atoms with Crippen molar-refractivity contribution in [3.05, 3.63) is 35.1 Å². The van der Waals surface area contributed by atoms with E-state index in [1.807, 2.05) is 0 Å². The summed E-state index contributed by atoms with van der Waals surface area (Å²) in [5.41, 5.74) is 9.56. The Hall–Kier alpha value is -1.70. The first-order chi connectivity index (χ1) is 9.60.